The third-order valence-electron chi connectivity index (χ3n) is 2.38. The van der Waals surface area contributed by atoms with Crippen molar-refractivity contribution in [1.82, 2.24) is 4.98 Å². The summed E-state index contributed by atoms with van der Waals surface area (Å²) in [6, 6.07) is 11.5. The van der Waals surface area contributed by atoms with Crippen LogP contribution >= 0.6 is 11.6 Å². The van der Waals surface area contributed by atoms with Crippen molar-refractivity contribution in [3.63, 3.8) is 0 Å². The summed E-state index contributed by atoms with van der Waals surface area (Å²) in [5.41, 5.74) is 2.02. The monoisotopic (exact) mass is 262 g/mol. The molecule has 0 saturated carbocycles. The average Bonchev–Trinajstić information content (AvgIpc) is 2.31. The Balaban J connectivity index is 2.13. The van der Waals surface area contributed by atoms with Crippen LogP contribution in [-0.2, 0) is 0 Å². The van der Waals surface area contributed by atoms with Gasteiger partial charge >= 0.3 is 0 Å². The molecule has 0 unspecified atom stereocenters. The van der Waals surface area contributed by atoms with Crippen LogP contribution in [0, 0.1) is 6.92 Å². The smallest absolute Gasteiger partial charge is 0.132 e. The zero-order valence-electron chi connectivity index (χ0n) is 10.4. The average molecular weight is 263 g/mol. The summed E-state index contributed by atoms with van der Waals surface area (Å²) in [5, 5.41) is 3.69. The van der Waals surface area contributed by atoms with Gasteiger partial charge in [-0.1, -0.05) is 11.6 Å². The molecule has 2 aromatic rings. The van der Waals surface area contributed by atoms with E-state index in [-0.39, 0.29) is 0 Å². The van der Waals surface area contributed by atoms with Gasteiger partial charge in [-0.3, -0.25) is 0 Å². The number of hydrogen-bond donors (Lipinski definition) is 1. The van der Waals surface area contributed by atoms with Crippen LogP contribution in [0.5, 0.6) is 5.75 Å². The van der Waals surface area contributed by atoms with Gasteiger partial charge in [0.25, 0.3) is 0 Å². The molecular formula is C14H15ClN2O. The summed E-state index contributed by atoms with van der Waals surface area (Å²) < 4.78 is 5.38. The summed E-state index contributed by atoms with van der Waals surface area (Å²) in [5.74, 6) is 1.60. The van der Waals surface area contributed by atoms with Crippen LogP contribution in [0.3, 0.4) is 0 Å². The van der Waals surface area contributed by atoms with Gasteiger partial charge < -0.3 is 10.1 Å². The molecule has 1 aromatic carbocycles. The minimum Gasteiger partial charge on any atom is -0.494 e. The molecule has 0 saturated heterocycles. The molecular weight excluding hydrogens is 248 g/mol. The number of rotatable bonds is 4. The maximum Gasteiger partial charge on any atom is 0.132 e. The van der Waals surface area contributed by atoms with E-state index in [2.05, 4.69) is 10.3 Å². The van der Waals surface area contributed by atoms with E-state index < -0.39 is 0 Å². The van der Waals surface area contributed by atoms with Crippen molar-refractivity contribution in [2.24, 2.45) is 0 Å². The summed E-state index contributed by atoms with van der Waals surface area (Å²) in [6.07, 6.45) is 0. The molecule has 2 rings (SSSR count). The van der Waals surface area contributed by atoms with E-state index in [1.54, 1.807) is 0 Å². The van der Waals surface area contributed by atoms with Gasteiger partial charge in [0.15, 0.2) is 0 Å². The fourth-order valence-corrected chi connectivity index (χ4v) is 1.90. The Morgan fingerprint density at radius 2 is 1.94 bits per heavy atom. The van der Waals surface area contributed by atoms with Crippen LogP contribution in [-0.4, -0.2) is 11.6 Å². The second-order valence-electron chi connectivity index (χ2n) is 3.93. The number of pyridine rings is 1. The Labute approximate surface area is 112 Å². The number of aromatic nitrogens is 1. The lowest BCUT2D eigenvalue weighted by Crippen LogP contribution is -1.95. The maximum absolute atomic E-state index is 5.91. The van der Waals surface area contributed by atoms with E-state index in [9.17, 15) is 0 Å². The summed E-state index contributed by atoms with van der Waals surface area (Å²) in [7, 11) is 0. The quantitative estimate of drug-likeness (QED) is 0.839. The largest absolute Gasteiger partial charge is 0.494 e. The van der Waals surface area contributed by atoms with Gasteiger partial charge in [-0.15, -0.1) is 0 Å². The van der Waals surface area contributed by atoms with Crippen molar-refractivity contribution in [3.05, 3.63) is 47.1 Å². The highest BCUT2D eigenvalue weighted by Gasteiger charge is 2.00. The number of ether oxygens (including phenoxy) is 1. The molecule has 0 aliphatic rings. The van der Waals surface area contributed by atoms with Gasteiger partial charge in [0, 0.05) is 5.69 Å². The van der Waals surface area contributed by atoms with Crippen molar-refractivity contribution >= 4 is 23.1 Å². The van der Waals surface area contributed by atoms with Crippen molar-refractivity contribution in [1.29, 1.82) is 0 Å². The molecule has 0 aliphatic carbocycles. The predicted octanol–water partition coefficient (Wildman–Crippen LogP) is 4.19. The first-order chi connectivity index (χ1) is 8.67. The number of anilines is 2. The van der Waals surface area contributed by atoms with Crippen LogP contribution in [0.15, 0.2) is 36.4 Å². The second-order valence-corrected chi connectivity index (χ2v) is 4.32. The Bertz CT molecular complexity index is 506. The van der Waals surface area contributed by atoms with Crippen molar-refractivity contribution in [2.45, 2.75) is 13.8 Å². The molecule has 0 atom stereocenters. The number of nitrogens with one attached hydrogen (secondary N) is 1. The van der Waals surface area contributed by atoms with Gasteiger partial charge in [-0.05, 0) is 55.8 Å². The lowest BCUT2D eigenvalue weighted by molar-refractivity contribution is 0.340. The molecule has 1 aromatic heterocycles. The normalized spacial score (nSPS) is 10.2. The summed E-state index contributed by atoms with van der Waals surface area (Å²) in [4.78, 5) is 4.21. The number of benzene rings is 1. The molecule has 4 heteroatoms. The lowest BCUT2D eigenvalue weighted by Gasteiger charge is -2.08. The zero-order valence-corrected chi connectivity index (χ0v) is 11.2. The van der Waals surface area contributed by atoms with Crippen molar-refractivity contribution in [3.8, 4) is 5.75 Å². The molecule has 0 fully saturated rings. The van der Waals surface area contributed by atoms with Crippen LogP contribution in [0.2, 0.25) is 5.15 Å². The molecule has 0 bridgehead atoms. The van der Waals surface area contributed by atoms with Crippen LogP contribution < -0.4 is 10.1 Å². The summed E-state index contributed by atoms with van der Waals surface area (Å²) in [6.45, 7) is 4.61. The first-order valence-corrected chi connectivity index (χ1v) is 6.19. The van der Waals surface area contributed by atoms with Gasteiger partial charge in [0.2, 0.25) is 0 Å². The number of hydrogen-bond acceptors (Lipinski definition) is 3. The minimum absolute atomic E-state index is 0.489. The van der Waals surface area contributed by atoms with Crippen LogP contribution in [0.25, 0.3) is 0 Å². The number of nitrogens with zero attached hydrogens (tertiary/aromatic N) is 1. The molecule has 0 amide bonds. The van der Waals surface area contributed by atoms with E-state index in [0.29, 0.717) is 11.8 Å². The molecule has 1 N–H and O–H groups in total. The molecule has 94 valence electrons. The van der Waals surface area contributed by atoms with Crippen LogP contribution in [0.4, 0.5) is 11.5 Å². The number of aryl methyl sites for hydroxylation is 1. The van der Waals surface area contributed by atoms with E-state index >= 15 is 0 Å². The van der Waals surface area contributed by atoms with E-state index in [0.717, 1.165) is 22.8 Å². The van der Waals surface area contributed by atoms with Crippen LogP contribution in [0.1, 0.15) is 12.5 Å². The molecule has 3 nitrogen and oxygen atoms in total. The third kappa shape index (κ3) is 3.37. The highest BCUT2D eigenvalue weighted by molar-refractivity contribution is 6.29. The maximum atomic E-state index is 5.91. The molecule has 1 heterocycles. The lowest BCUT2D eigenvalue weighted by atomic mass is 10.2. The van der Waals surface area contributed by atoms with Gasteiger partial charge in [-0.25, -0.2) is 4.98 Å². The first kappa shape index (κ1) is 12.7. The molecule has 0 aliphatic heterocycles. The highest BCUT2D eigenvalue weighted by Crippen LogP contribution is 2.21. The SMILES string of the molecule is CCOc1ccc(Nc2cc(C)cc(Cl)n2)cc1. The first-order valence-electron chi connectivity index (χ1n) is 5.81. The van der Waals surface area contributed by atoms with Gasteiger partial charge in [-0.2, -0.15) is 0 Å². The Hall–Kier alpha value is -1.74. The van der Waals surface area contributed by atoms with Crippen molar-refractivity contribution < 1.29 is 4.74 Å². The fourth-order valence-electron chi connectivity index (χ4n) is 1.64. The minimum atomic E-state index is 0.489. The van der Waals surface area contributed by atoms with Gasteiger partial charge in [0.1, 0.15) is 16.7 Å². The van der Waals surface area contributed by atoms with E-state index in [1.807, 2.05) is 50.2 Å². The fraction of sp³-hybridized carbons (Fsp3) is 0.214. The highest BCUT2D eigenvalue weighted by atomic mass is 35.5. The molecule has 0 spiro atoms. The Morgan fingerprint density at radius 3 is 2.56 bits per heavy atom. The Kier molecular flexibility index (Phi) is 4.05. The number of halogens is 1. The summed E-state index contributed by atoms with van der Waals surface area (Å²) >= 11 is 5.91. The van der Waals surface area contributed by atoms with E-state index in [1.165, 1.54) is 0 Å². The van der Waals surface area contributed by atoms with E-state index in [4.69, 9.17) is 16.3 Å². The topological polar surface area (TPSA) is 34.1 Å². The molecule has 0 radical (unpaired) electrons. The Morgan fingerprint density at radius 1 is 1.22 bits per heavy atom. The van der Waals surface area contributed by atoms with Gasteiger partial charge in [0.05, 0.1) is 6.61 Å². The third-order valence-corrected chi connectivity index (χ3v) is 2.57. The standard InChI is InChI=1S/C14H15ClN2O/c1-3-18-12-6-4-11(5-7-12)16-14-9-10(2)8-13(15)17-14/h4-9H,3H2,1-2H3,(H,16,17). The zero-order chi connectivity index (χ0) is 13.0. The van der Waals surface area contributed by atoms with Crippen molar-refractivity contribution in [2.75, 3.05) is 11.9 Å². The molecule has 18 heavy (non-hydrogen) atoms. The predicted molar refractivity (Wildman–Crippen MR) is 74.9 cm³/mol. The second kappa shape index (κ2) is 5.74.